The van der Waals surface area contributed by atoms with E-state index >= 15 is 0 Å². The Labute approximate surface area is 125 Å². The van der Waals surface area contributed by atoms with Gasteiger partial charge in [0.15, 0.2) is 0 Å². The second-order valence-corrected chi connectivity index (χ2v) is 6.85. The highest BCUT2D eigenvalue weighted by Gasteiger charge is 2.11. The summed E-state index contributed by atoms with van der Waals surface area (Å²) in [6, 6.07) is 14.6. The van der Waals surface area contributed by atoms with Crippen molar-refractivity contribution < 1.29 is 13.5 Å². The summed E-state index contributed by atoms with van der Waals surface area (Å²) in [5.74, 6) is -0.0649. The van der Waals surface area contributed by atoms with E-state index in [-0.39, 0.29) is 18.9 Å². The van der Waals surface area contributed by atoms with Gasteiger partial charge < -0.3 is 5.11 Å². The molecule has 21 heavy (non-hydrogen) atoms. The van der Waals surface area contributed by atoms with Crippen molar-refractivity contribution in [1.82, 2.24) is 4.72 Å². The number of aryl methyl sites for hydroxylation is 1. The van der Waals surface area contributed by atoms with E-state index in [0.717, 1.165) is 16.7 Å². The summed E-state index contributed by atoms with van der Waals surface area (Å²) in [4.78, 5) is 0. The van der Waals surface area contributed by atoms with Gasteiger partial charge in [0, 0.05) is 6.54 Å². The van der Waals surface area contributed by atoms with Gasteiger partial charge in [-0.25, -0.2) is 13.1 Å². The highest BCUT2D eigenvalue weighted by molar-refractivity contribution is 7.88. The molecule has 0 bridgehead atoms. The van der Waals surface area contributed by atoms with Crippen LogP contribution in [0, 0.1) is 6.92 Å². The van der Waals surface area contributed by atoms with Crippen LogP contribution in [0.4, 0.5) is 0 Å². The van der Waals surface area contributed by atoms with Crippen LogP contribution in [0.2, 0.25) is 0 Å². The Kier molecular flexibility index (Phi) is 5.12. The van der Waals surface area contributed by atoms with Crippen molar-refractivity contribution in [1.29, 1.82) is 0 Å². The zero-order valence-corrected chi connectivity index (χ0v) is 12.7. The topological polar surface area (TPSA) is 66.4 Å². The van der Waals surface area contributed by atoms with E-state index in [1.165, 1.54) is 0 Å². The first-order chi connectivity index (χ1) is 9.98. The van der Waals surface area contributed by atoms with Crippen LogP contribution < -0.4 is 4.72 Å². The summed E-state index contributed by atoms with van der Waals surface area (Å²) in [7, 11) is -3.38. The molecule has 0 radical (unpaired) electrons. The molecule has 0 unspecified atom stereocenters. The third-order valence-electron chi connectivity index (χ3n) is 3.18. The van der Waals surface area contributed by atoms with Gasteiger partial charge >= 0.3 is 0 Å². The summed E-state index contributed by atoms with van der Waals surface area (Å²) in [5.41, 5.74) is 3.54. The fourth-order valence-corrected chi connectivity index (χ4v) is 3.03. The van der Waals surface area contributed by atoms with Gasteiger partial charge in [-0.2, -0.15) is 0 Å². The molecule has 4 nitrogen and oxygen atoms in total. The molecule has 0 atom stereocenters. The SMILES string of the molecule is Cc1ccc(CNS(=O)(=O)Cc2ccc(CO)cc2)cc1. The van der Waals surface area contributed by atoms with E-state index in [4.69, 9.17) is 5.11 Å². The maximum atomic E-state index is 12.0. The number of nitrogens with one attached hydrogen (secondary N) is 1. The zero-order valence-electron chi connectivity index (χ0n) is 11.9. The number of sulfonamides is 1. The minimum absolute atomic E-state index is 0.0430. The molecular formula is C16H19NO3S. The fraction of sp³-hybridized carbons (Fsp3) is 0.250. The maximum Gasteiger partial charge on any atom is 0.216 e. The molecule has 0 aliphatic carbocycles. The van der Waals surface area contributed by atoms with Crippen LogP contribution in [-0.4, -0.2) is 13.5 Å². The van der Waals surface area contributed by atoms with Crippen molar-refractivity contribution in [3.8, 4) is 0 Å². The maximum absolute atomic E-state index is 12.0. The largest absolute Gasteiger partial charge is 0.392 e. The fourth-order valence-electron chi connectivity index (χ4n) is 1.91. The van der Waals surface area contributed by atoms with Gasteiger partial charge in [0.1, 0.15) is 0 Å². The van der Waals surface area contributed by atoms with Crippen molar-refractivity contribution in [2.24, 2.45) is 0 Å². The number of benzene rings is 2. The molecule has 0 fully saturated rings. The molecule has 0 aromatic heterocycles. The molecule has 0 aliphatic heterocycles. The van der Waals surface area contributed by atoms with Crippen LogP contribution in [0.5, 0.6) is 0 Å². The predicted molar refractivity (Wildman–Crippen MR) is 83.0 cm³/mol. The molecule has 0 amide bonds. The normalized spacial score (nSPS) is 11.5. The van der Waals surface area contributed by atoms with Crippen LogP contribution in [0.25, 0.3) is 0 Å². The Hall–Kier alpha value is -1.69. The van der Waals surface area contributed by atoms with Gasteiger partial charge in [-0.05, 0) is 23.6 Å². The molecule has 0 saturated heterocycles. The van der Waals surface area contributed by atoms with Crippen LogP contribution in [0.1, 0.15) is 22.3 Å². The van der Waals surface area contributed by atoms with Crippen LogP contribution in [0.15, 0.2) is 48.5 Å². The highest BCUT2D eigenvalue weighted by atomic mass is 32.2. The molecule has 2 rings (SSSR count). The third kappa shape index (κ3) is 4.97. The van der Waals surface area contributed by atoms with Crippen molar-refractivity contribution in [3.05, 3.63) is 70.8 Å². The van der Waals surface area contributed by atoms with Gasteiger partial charge in [0.25, 0.3) is 0 Å². The van der Waals surface area contributed by atoms with Gasteiger partial charge in [0.2, 0.25) is 10.0 Å². The second kappa shape index (κ2) is 6.85. The van der Waals surface area contributed by atoms with E-state index in [0.29, 0.717) is 5.56 Å². The van der Waals surface area contributed by atoms with Crippen LogP contribution >= 0.6 is 0 Å². The van der Waals surface area contributed by atoms with Gasteiger partial charge in [0.05, 0.1) is 12.4 Å². The average Bonchev–Trinajstić information content (AvgIpc) is 2.47. The molecule has 2 N–H and O–H groups in total. The first-order valence-electron chi connectivity index (χ1n) is 6.70. The smallest absolute Gasteiger partial charge is 0.216 e. The van der Waals surface area contributed by atoms with Gasteiger partial charge in [-0.3, -0.25) is 0 Å². The molecule has 0 aliphatic rings. The Balaban J connectivity index is 1.96. The molecule has 0 saturated carbocycles. The summed E-state index contributed by atoms with van der Waals surface area (Å²) in [6.07, 6.45) is 0. The Morgan fingerprint density at radius 1 is 0.905 bits per heavy atom. The lowest BCUT2D eigenvalue weighted by atomic mass is 10.2. The summed E-state index contributed by atoms with van der Waals surface area (Å²) < 4.78 is 26.7. The number of aliphatic hydroxyl groups excluding tert-OH is 1. The van der Waals surface area contributed by atoms with E-state index in [1.807, 2.05) is 31.2 Å². The van der Waals surface area contributed by atoms with Crippen molar-refractivity contribution in [2.45, 2.75) is 25.8 Å². The summed E-state index contributed by atoms with van der Waals surface area (Å²) in [6.45, 7) is 2.24. The van der Waals surface area contributed by atoms with Crippen molar-refractivity contribution in [3.63, 3.8) is 0 Å². The number of aliphatic hydroxyl groups is 1. The second-order valence-electron chi connectivity index (χ2n) is 5.04. The standard InChI is InChI=1S/C16H19NO3S/c1-13-2-4-14(5-3-13)10-17-21(19,20)12-16-8-6-15(11-18)7-9-16/h2-9,17-18H,10-12H2,1H3. The lowest BCUT2D eigenvalue weighted by Gasteiger charge is -2.08. The van der Waals surface area contributed by atoms with E-state index in [1.54, 1.807) is 24.3 Å². The molecule has 0 heterocycles. The highest BCUT2D eigenvalue weighted by Crippen LogP contribution is 2.09. The van der Waals surface area contributed by atoms with E-state index in [9.17, 15) is 8.42 Å². The predicted octanol–water partition coefficient (Wildman–Crippen LogP) is 2.11. The molecule has 2 aromatic carbocycles. The minimum Gasteiger partial charge on any atom is -0.392 e. The lowest BCUT2D eigenvalue weighted by Crippen LogP contribution is -2.24. The molecular weight excluding hydrogens is 286 g/mol. The van der Waals surface area contributed by atoms with Gasteiger partial charge in [-0.1, -0.05) is 54.1 Å². The minimum atomic E-state index is -3.38. The molecule has 0 spiro atoms. The molecule has 2 aromatic rings. The number of hydrogen-bond acceptors (Lipinski definition) is 3. The van der Waals surface area contributed by atoms with E-state index in [2.05, 4.69) is 4.72 Å². The Morgan fingerprint density at radius 3 is 2.00 bits per heavy atom. The van der Waals surface area contributed by atoms with Gasteiger partial charge in [-0.15, -0.1) is 0 Å². The summed E-state index contributed by atoms with van der Waals surface area (Å²) in [5, 5.41) is 8.96. The van der Waals surface area contributed by atoms with Crippen LogP contribution in [0.3, 0.4) is 0 Å². The first kappa shape index (κ1) is 15.7. The molecule has 112 valence electrons. The zero-order chi connectivity index (χ0) is 15.3. The Morgan fingerprint density at radius 2 is 1.43 bits per heavy atom. The quantitative estimate of drug-likeness (QED) is 0.859. The third-order valence-corrected chi connectivity index (χ3v) is 4.48. The van der Waals surface area contributed by atoms with Crippen molar-refractivity contribution in [2.75, 3.05) is 0 Å². The average molecular weight is 305 g/mol. The Bertz CT molecular complexity index is 676. The van der Waals surface area contributed by atoms with Crippen LogP contribution in [-0.2, 0) is 28.9 Å². The summed E-state index contributed by atoms with van der Waals surface area (Å²) >= 11 is 0. The van der Waals surface area contributed by atoms with E-state index < -0.39 is 10.0 Å². The monoisotopic (exact) mass is 305 g/mol. The lowest BCUT2D eigenvalue weighted by molar-refractivity contribution is 0.282. The van der Waals surface area contributed by atoms with Crippen molar-refractivity contribution >= 4 is 10.0 Å². The number of rotatable bonds is 6. The first-order valence-corrected chi connectivity index (χ1v) is 8.35. The number of hydrogen-bond donors (Lipinski definition) is 2. The molecule has 5 heteroatoms.